The highest BCUT2D eigenvalue weighted by atomic mass is 16.5. The van der Waals surface area contributed by atoms with E-state index in [1.165, 1.54) is 12.4 Å². The molecule has 5 rings (SSSR count). The summed E-state index contributed by atoms with van der Waals surface area (Å²) in [7, 11) is 1.73. The molecule has 1 saturated heterocycles. The molecule has 168 valence electrons. The Labute approximate surface area is 189 Å². The molecule has 33 heavy (non-hydrogen) atoms. The topological polar surface area (TPSA) is 112 Å². The van der Waals surface area contributed by atoms with Crippen LogP contribution in [0.5, 0.6) is 0 Å². The lowest BCUT2D eigenvalue weighted by atomic mass is 10.1. The van der Waals surface area contributed by atoms with E-state index >= 15 is 0 Å². The number of rotatable bonds is 4. The highest BCUT2D eigenvalue weighted by molar-refractivity contribution is 5.56. The Morgan fingerprint density at radius 1 is 1.09 bits per heavy atom. The third-order valence-electron chi connectivity index (χ3n) is 5.58. The van der Waals surface area contributed by atoms with Gasteiger partial charge in [-0.25, -0.2) is 15.0 Å². The van der Waals surface area contributed by atoms with Crippen LogP contribution >= 0.6 is 0 Å². The first kappa shape index (κ1) is 21.0. The molecule has 0 saturated carbocycles. The van der Waals surface area contributed by atoms with Crippen molar-refractivity contribution in [3.63, 3.8) is 0 Å². The van der Waals surface area contributed by atoms with Crippen molar-refractivity contribution in [3.05, 3.63) is 70.7 Å². The van der Waals surface area contributed by atoms with Crippen molar-refractivity contribution in [2.24, 2.45) is 7.05 Å². The minimum atomic E-state index is -0.173. The Hall–Kier alpha value is -3.92. The van der Waals surface area contributed by atoms with Gasteiger partial charge in [0.05, 0.1) is 17.9 Å². The normalized spacial score (nSPS) is 16.5. The third-order valence-corrected chi connectivity index (χ3v) is 5.58. The van der Waals surface area contributed by atoms with Gasteiger partial charge in [0.1, 0.15) is 12.4 Å². The van der Waals surface area contributed by atoms with Crippen LogP contribution in [0.1, 0.15) is 24.0 Å². The third kappa shape index (κ3) is 4.37. The molecule has 0 amide bonds. The van der Waals surface area contributed by atoms with Crippen LogP contribution in [0, 0.1) is 6.92 Å². The molecule has 1 unspecified atom stereocenters. The van der Waals surface area contributed by atoms with Gasteiger partial charge in [0.15, 0.2) is 0 Å². The lowest BCUT2D eigenvalue weighted by molar-refractivity contribution is 0.0685. The number of hydrogen-bond donors (Lipinski definition) is 0. The highest BCUT2D eigenvalue weighted by Crippen LogP contribution is 2.27. The summed E-state index contributed by atoms with van der Waals surface area (Å²) in [5.41, 5.74) is 2.90. The number of benzene rings is 1. The Balaban J connectivity index is 1.43. The number of aromatic nitrogens is 6. The molecule has 0 aliphatic carbocycles. The molecule has 0 radical (unpaired) electrons. The van der Waals surface area contributed by atoms with E-state index in [-0.39, 0.29) is 11.7 Å². The molecule has 0 N–H and O–H groups in total. The molecule has 0 bridgehead atoms. The van der Waals surface area contributed by atoms with E-state index < -0.39 is 0 Å². The summed E-state index contributed by atoms with van der Waals surface area (Å²) in [5, 5.41) is 3.97. The van der Waals surface area contributed by atoms with E-state index in [2.05, 4.69) is 25.0 Å². The maximum Gasteiger partial charge on any atom is 0.255 e. The average Bonchev–Trinajstić information content (AvgIpc) is 3.13. The minimum Gasteiger partial charge on any atom is -0.372 e. The fourth-order valence-corrected chi connectivity index (χ4v) is 3.86. The van der Waals surface area contributed by atoms with Crippen molar-refractivity contribution >= 4 is 5.95 Å². The number of hydrogen-bond acceptors (Lipinski definition) is 9. The van der Waals surface area contributed by atoms with Crippen LogP contribution in [0.2, 0.25) is 0 Å². The lowest BCUT2D eigenvalue weighted by Gasteiger charge is -2.26. The first-order valence-electron chi connectivity index (χ1n) is 10.7. The van der Waals surface area contributed by atoms with Gasteiger partial charge in [-0.15, -0.1) is 0 Å². The molecule has 1 aliphatic heterocycles. The van der Waals surface area contributed by atoms with Gasteiger partial charge < -0.3 is 14.2 Å². The van der Waals surface area contributed by atoms with Gasteiger partial charge >= 0.3 is 0 Å². The highest BCUT2D eigenvalue weighted by Gasteiger charge is 2.24. The molecule has 1 fully saturated rings. The summed E-state index contributed by atoms with van der Waals surface area (Å²) in [4.78, 5) is 32.0. The van der Waals surface area contributed by atoms with E-state index in [1.54, 1.807) is 30.8 Å². The van der Waals surface area contributed by atoms with E-state index in [4.69, 9.17) is 14.2 Å². The molecule has 1 aromatic carbocycles. The van der Waals surface area contributed by atoms with Crippen LogP contribution in [-0.2, 0) is 11.8 Å². The van der Waals surface area contributed by atoms with Crippen molar-refractivity contribution in [1.29, 1.82) is 0 Å². The zero-order chi connectivity index (χ0) is 22.8. The van der Waals surface area contributed by atoms with E-state index in [0.29, 0.717) is 42.2 Å². The fourth-order valence-electron chi connectivity index (χ4n) is 3.86. The van der Waals surface area contributed by atoms with Crippen molar-refractivity contribution in [1.82, 2.24) is 29.7 Å². The maximum atomic E-state index is 12.7. The number of nitrogens with zero attached hydrogens (tertiary/aromatic N) is 7. The molecule has 1 aliphatic rings. The largest absolute Gasteiger partial charge is 0.372 e. The maximum absolute atomic E-state index is 12.7. The summed E-state index contributed by atoms with van der Waals surface area (Å²) >= 11 is 0. The Bertz CT molecular complexity index is 1300. The lowest BCUT2D eigenvalue weighted by Crippen LogP contribution is -2.34. The quantitative estimate of drug-likeness (QED) is 0.468. The van der Waals surface area contributed by atoms with Crippen LogP contribution in [0.4, 0.5) is 5.95 Å². The molecule has 10 nitrogen and oxygen atoms in total. The van der Waals surface area contributed by atoms with Crippen molar-refractivity contribution in [3.8, 4) is 22.8 Å². The summed E-state index contributed by atoms with van der Waals surface area (Å²) in [6, 6.07) is 11.2. The zero-order valence-corrected chi connectivity index (χ0v) is 18.4. The second-order valence-electron chi connectivity index (χ2n) is 7.85. The molecule has 4 heterocycles. The van der Waals surface area contributed by atoms with Gasteiger partial charge in [0.25, 0.3) is 5.56 Å². The standard InChI is InChI=1S/C23H23N7O3/c1-15-26-22(28-33-15)17-6-4-16(5-7-17)20-13-30(10-3-11-32-20)23-27-19(12-21(31)29(23)2)18-8-9-24-14-25-18/h4-9,12,14,20H,3,10-11,13H2,1-2H3. The number of aryl methyl sites for hydroxylation is 1. The van der Waals surface area contributed by atoms with E-state index in [0.717, 1.165) is 24.1 Å². The molecule has 3 aromatic heterocycles. The molecular weight excluding hydrogens is 422 g/mol. The molecule has 10 heteroatoms. The van der Waals surface area contributed by atoms with Gasteiger partial charge in [-0.05, 0) is 18.1 Å². The Morgan fingerprint density at radius 2 is 1.94 bits per heavy atom. The van der Waals surface area contributed by atoms with Crippen LogP contribution < -0.4 is 10.5 Å². The summed E-state index contributed by atoms with van der Waals surface area (Å²) in [5.74, 6) is 1.67. The zero-order valence-electron chi connectivity index (χ0n) is 18.4. The predicted molar refractivity (Wildman–Crippen MR) is 120 cm³/mol. The summed E-state index contributed by atoms with van der Waals surface area (Å²) < 4.78 is 12.8. The van der Waals surface area contributed by atoms with Gasteiger partial charge in [0, 0.05) is 44.9 Å². The van der Waals surface area contributed by atoms with Crippen LogP contribution in [0.15, 0.2) is 58.2 Å². The van der Waals surface area contributed by atoms with Gasteiger partial charge in [-0.2, -0.15) is 4.98 Å². The summed E-state index contributed by atoms with van der Waals surface area (Å²) in [6.07, 6.45) is 3.73. The fraction of sp³-hybridized carbons (Fsp3) is 0.304. The minimum absolute atomic E-state index is 0.143. The molecular formula is C23H23N7O3. The van der Waals surface area contributed by atoms with Crippen LogP contribution in [0.3, 0.4) is 0 Å². The van der Waals surface area contributed by atoms with E-state index in [9.17, 15) is 4.79 Å². The first-order chi connectivity index (χ1) is 16.1. The second kappa shape index (κ2) is 8.91. The molecule has 1 atom stereocenters. The smallest absolute Gasteiger partial charge is 0.255 e. The number of anilines is 1. The molecule has 0 spiro atoms. The van der Waals surface area contributed by atoms with Crippen molar-refractivity contribution in [2.75, 3.05) is 24.6 Å². The Kier molecular flexibility index (Phi) is 5.66. The first-order valence-corrected chi connectivity index (χ1v) is 10.7. The van der Waals surface area contributed by atoms with Gasteiger partial charge in [-0.1, -0.05) is 29.4 Å². The number of ether oxygens (including phenoxy) is 1. The van der Waals surface area contributed by atoms with E-state index in [1.807, 2.05) is 24.3 Å². The Morgan fingerprint density at radius 3 is 2.67 bits per heavy atom. The average molecular weight is 445 g/mol. The van der Waals surface area contributed by atoms with Crippen LogP contribution in [0.25, 0.3) is 22.8 Å². The SMILES string of the molecule is Cc1nc(-c2ccc(C3CN(c4nc(-c5ccncn5)cc(=O)n4C)CCCO3)cc2)no1. The molecule has 4 aromatic rings. The van der Waals surface area contributed by atoms with Crippen molar-refractivity contribution in [2.45, 2.75) is 19.4 Å². The predicted octanol–water partition coefficient (Wildman–Crippen LogP) is 2.56. The second-order valence-corrected chi connectivity index (χ2v) is 7.85. The van der Waals surface area contributed by atoms with Gasteiger partial charge in [-0.3, -0.25) is 9.36 Å². The summed E-state index contributed by atoms with van der Waals surface area (Å²) in [6.45, 7) is 3.67. The van der Waals surface area contributed by atoms with Crippen molar-refractivity contribution < 1.29 is 9.26 Å². The van der Waals surface area contributed by atoms with Gasteiger partial charge in [0.2, 0.25) is 17.7 Å². The van der Waals surface area contributed by atoms with Crippen LogP contribution in [-0.4, -0.2) is 49.4 Å². The monoisotopic (exact) mass is 445 g/mol.